The first kappa shape index (κ1) is 11.5. The number of rotatable bonds is 5. The standard InChI is InChI=1S/C13H21N3/c1-14-12(13-10-15-8-9-16-13)7-6-11-4-2-3-5-11/h8-12,14H,2-7H2,1H3. The van der Waals surface area contributed by atoms with Gasteiger partial charge in [0.25, 0.3) is 0 Å². The molecule has 0 aliphatic heterocycles. The van der Waals surface area contributed by atoms with Gasteiger partial charge in [0.1, 0.15) is 0 Å². The minimum absolute atomic E-state index is 0.370. The van der Waals surface area contributed by atoms with Crippen LogP contribution in [0.15, 0.2) is 18.6 Å². The number of nitrogens with zero attached hydrogens (tertiary/aromatic N) is 2. The van der Waals surface area contributed by atoms with Gasteiger partial charge in [-0.15, -0.1) is 0 Å². The summed E-state index contributed by atoms with van der Waals surface area (Å²) in [5, 5.41) is 3.34. The lowest BCUT2D eigenvalue weighted by molar-refractivity contribution is 0.422. The summed E-state index contributed by atoms with van der Waals surface area (Å²) in [5.41, 5.74) is 1.07. The highest BCUT2D eigenvalue weighted by Gasteiger charge is 2.18. The Labute approximate surface area is 97.7 Å². The highest BCUT2D eigenvalue weighted by molar-refractivity contribution is 5.01. The summed E-state index contributed by atoms with van der Waals surface area (Å²) in [6.45, 7) is 0. The monoisotopic (exact) mass is 219 g/mol. The molecule has 0 spiro atoms. The van der Waals surface area contributed by atoms with E-state index in [1.165, 1.54) is 38.5 Å². The van der Waals surface area contributed by atoms with Crippen molar-refractivity contribution in [2.45, 2.75) is 44.6 Å². The third-order valence-corrected chi connectivity index (χ3v) is 3.63. The lowest BCUT2D eigenvalue weighted by Crippen LogP contribution is -2.18. The molecule has 88 valence electrons. The first-order chi connectivity index (χ1) is 7.90. The van der Waals surface area contributed by atoms with Gasteiger partial charge in [-0.05, 0) is 25.8 Å². The summed E-state index contributed by atoms with van der Waals surface area (Å²) in [5.74, 6) is 0.951. The van der Waals surface area contributed by atoms with Crippen LogP contribution in [0, 0.1) is 5.92 Å². The molecular weight excluding hydrogens is 198 g/mol. The summed E-state index contributed by atoms with van der Waals surface area (Å²) < 4.78 is 0. The van der Waals surface area contributed by atoms with Crippen molar-refractivity contribution < 1.29 is 0 Å². The average Bonchev–Trinajstić information content (AvgIpc) is 2.84. The predicted octanol–water partition coefficient (Wildman–Crippen LogP) is 2.71. The largest absolute Gasteiger partial charge is 0.312 e. The summed E-state index contributed by atoms with van der Waals surface area (Å²) >= 11 is 0. The van der Waals surface area contributed by atoms with Crippen LogP contribution in [0.25, 0.3) is 0 Å². The van der Waals surface area contributed by atoms with Gasteiger partial charge >= 0.3 is 0 Å². The summed E-state index contributed by atoms with van der Waals surface area (Å²) in [6.07, 6.45) is 13.6. The Kier molecular flexibility index (Phi) is 4.28. The molecule has 0 amide bonds. The topological polar surface area (TPSA) is 37.8 Å². The maximum atomic E-state index is 4.37. The molecule has 1 aromatic heterocycles. The van der Waals surface area contributed by atoms with E-state index in [1.54, 1.807) is 12.4 Å². The van der Waals surface area contributed by atoms with Crippen LogP contribution in [0.4, 0.5) is 0 Å². The number of aromatic nitrogens is 2. The van der Waals surface area contributed by atoms with Crippen molar-refractivity contribution >= 4 is 0 Å². The molecule has 1 aliphatic carbocycles. The molecule has 1 aliphatic rings. The quantitative estimate of drug-likeness (QED) is 0.827. The van der Waals surface area contributed by atoms with Gasteiger partial charge in [-0.1, -0.05) is 25.7 Å². The van der Waals surface area contributed by atoms with Gasteiger partial charge in [0.05, 0.1) is 11.7 Å². The van der Waals surface area contributed by atoms with Gasteiger partial charge in [-0.3, -0.25) is 9.97 Å². The highest BCUT2D eigenvalue weighted by atomic mass is 14.9. The van der Waals surface area contributed by atoms with Crippen molar-refractivity contribution in [3.63, 3.8) is 0 Å². The zero-order valence-electron chi connectivity index (χ0n) is 10.0. The number of nitrogens with one attached hydrogen (secondary N) is 1. The van der Waals surface area contributed by atoms with E-state index in [0.717, 1.165) is 11.6 Å². The molecule has 1 saturated carbocycles. The normalized spacial score (nSPS) is 18.8. The molecule has 1 heterocycles. The zero-order valence-corrected chi connectivity index (χ0v) is 10.0. The molecule has 0 saturated heterocycles. The maximum absolute atomic E-state index is 4.37. The Morgan fingerprint density at radius 2 is 2.19 bits per heavy atom. The summed E-state index contributed by atoms with van der Waals surface area (Å²) in [6, 6.07) is 0.370. The van der Waals surface area contributed by atoms with Crippen molar-refractivity contribution in [2.24, 2.45) is 5.92 Å². The third kappa shape index (κ3) is 3.01. The van der Waals surface area contributed by atoms with E-state index in [0.29, 0.717) is 6.04 Å². The molecule has 1 N–H and O–H groups in total. The van der Waals surface area contributed by atoms with Gasteiger partial charge in [0.15, 0.2) is 0 Å². The van der Waals surface area contributed by atoms with E-state index in [1.807, 2.05) is 13.2 Å². The van der Waals surface area contributed by atoms with Crippen molar-refractivity contribution in [1.29, 1.82) is 0 Å². The highest BCUT2D eigenvalue weighted by Crippen LogP contribution is 2.30. The lowest BCUT2D eigenvalue weighted by Gasteiger charge is -2.17. The molecule has 0 radical (unpaired) electrons. The van der Waals surface area contributed by atoms with Crippen LogP contribution < -0.4 is 5.32 Å². The second kappa shape index (κ2) is 5.94. The van der Waals surface area contributed by atoms with Crippen LogP contribution in [-0.4, -0.2) is 17.0 Å². The van der Waals surface area contributed by atoms with E-state index >= 15 is 0 Å². The molecule has 1 atom stereocenters. The van der Waals surface area contributed by atoms with E-state index < -0.39 is 0 Å². The van der Waals surface area contributed by atoms with Crippen molar-refractivity contribution in [3.05, 3.63) is 24.3 Å². The van der Waals surface area contributed by atoms with E-state index in [-0.39, 0.29) is 0 Å². The third-order valence-electron chi connectivity index (χ3n) is 3.63. The van der Waals surface area contributed by atoms with E-state index in [4.69, 9.17) is 0 Å². The summed E-state index contributed by atoms with van der Waals surface area (Å²) in [7, 11) is 2.01. The van der Waals surface area contributed by atoms with Crippen LogP contribution in [0.1, 0.15) is 50.3 Å². The molecule has 1 fully saturated rings. The van der Waals surface area contributed by atoms with Crippen LogP contribution >= 0.6 is 0 Å². The first-order valence-electron chi connectivity index (χ1n) is 6.33. The van der Waals surface area contributed by atoms with Crippen LogP contribution in [0.2, 0.25) is 0 Å². The Hall–Kier alpha value is -0.960. The number of hydrogen-bond acceptors (Lipinski definition) is 3. The van der Waals surface area contributed by atoms with Gasteiger partial charge in [0, 0.05) is 18.6 Å². The Balaban J connectivity index is 1.85. The number of hydrogen-bond donors (Lipinski definition) is 1. The minimum Gasteiger partial charge on any atom is -0.312 e. The van der Waals surface area contributed by atoms with Gasteiger partial charge < -0.3 is 5.32 Å². The van der Waals surface area contributed by atoms with Gasteiger partial charge in [-0.25, -0.2) is 0 Å². The molecule has 1 unspecified atom stereocenters. The van der Waals surface area contributed by atoms with Crippen molar-refractivity contribution in [3.8, 4) is 0 Å². The Morgan fingerprint density at radius 1 is 1.38 bits per heavy atom. The fraction of sp³-hybridized carbons (Fsp3) is 0.692. The summed E-state index contributed by atoms with van der Waals surface area (Å²) in [4.78, 5) is 8.50. The molecule has 16 heavy (non-hydrogen) atoms. The lowest BCUT2D eigenvalue weighted by atomic mass is 9.97. The molecule has 3 nitrogen and oxygen atoms in total. The Morgan fingerprint density at radius 3 is 2.81 bits per heavy atom. The molecule has 1 aromatic rings. The smallest absolute Gasteiger partial charge is 0.0755 e. The van der Waals surface area contributed by atoms with Crippen LogP contribution in [0.3, 0.4) is 0 Å². The first-order valence-corrected chi connectivity index (χ1v) is 6.33. The minimum atomic E-state index is 0.370. The molecule has 3 heteroatoms. The second-order valence-electron chi connectivity index (χ2n) is 4.70. The van der Waals surface area contributed by atoms with Gasteiger partial charge in [0.2, 0.25) is 0 Å². The van der Waals surface area contributed by atoms with Crippen molar-refractivity contribution in [1.82, 2.24) is 15.3 Å². The second-order valence-corrected chi connectivity index (χ2v) is 4.70. The van der Waals surface area contributed by atoms with Crippen molar-refractivity contribution in [2.75, 3.05) is 7.05 Å². The Bertz CT molecular complexity index is 293. The fourth-order valence-corrected chi connectivity index (χ4v) is 2.63. The maximum Gasteiger partial charge on any atom is 0.0755 e. The van der Waals surface area contributed by atoms with Crippen LogP contribution in [0.5, 0.6) is 0 Å². The SMILES string of the molecule is CNC(CCC1CCCC1)c1cnccn1. The average molecular weight is 219 g/mol. The molecule has 0 aromatic carbocycles. The van der Waals surface area contributed by atoms with E-state index in [2.05, 4.69) is 15.3 Å². The molecular formula is C13H21N3. The fourth-order valence-electron chi connectivity index (χ4n) is 2.63. The predicted molar refractivity (Wildman–Crippen MR) is 65.0 cm³/mol. The molecule has 2 rings (SSSR count). The molecule has 0 bridgehead atoms. The van der Waals surface area contributed by atoms with Crippen LogP contribution in [-0.2, 0) is 0 Å². The van der Waals surface area contributed by atoms with E-state index in [9.17, 15) is 0 Å². The van der Waals surface area contributed by atoms with Gasteiger partial charge in [-0.2, -0.15) is 0 Å². The zero-order chi connectivity index (χ0) is 11.2.